The second-order valence-electron chi connectivity index (χ2n) is 7.92. The Morgan fingerprint density at radius 2 is 2.07 bits per heavy atom. The monoisotopic (exact) mass is 446 g/mol. The van der Waals surface area contributed by atoms with Crippen molar-refractivity contribution >= 4 is 40.6 Å². The summed E-state index contributed by atoms with van der Waals surface area (Å²) in [6, 6.07) is 1.90. The van der Waals surface area contributed by atoms with Crippen LogP contribution in [0.3, 0.4) is 0 Å². The van der Waals surface area contributed by atoms with Crippen LogP contribution in [-0.2, 0) is 4.74 Å². The Morgan fingerprint density at radius 3 is 2.80 bits per heavy atom. The molecule has 4 N–H and O–H groups in total. The van der Waals surface area contributed by atoms with Crippen LogP contribution in [0.1, 0.15) is 19.8 Å². The minimum atomic E-state index is 0.0632. The molecule has 2 saturated heterocycles. The fraction of sp³-hybridized carbons (Fsp3) is 0.474. The van der Waals surface area contributed by atoms with E-state index in [0.29, 0.717) is 10.8 Å². The molecule has 2 fully saturated rings. The lowest BCUT2D eigenvalue weighted by molar-refractivity contribution is 0.0974. The quantitative estimate of drug-likeness (QED) is 0.623. The zero-order valence-corrected chi connectivity index (χ0v) is 18.1. The molecule has 158 valence electrons. The minimum Gasteiger partial charge on any atom is -0.382 e. The predicted octanol–water partition coefficient (Wildman–Crippen LogP) is 2.24. The molecule has 0 amide bonds. The van der Waals surface area contributed by atoms with Gasteiger partial charge in [0.05, 0.1) is 23.9 Å². The lowest BCUT2D eigenvalue weighted by Crippen LogP contribution is -2.50. The van der Waals surface area contributed by atoms with Crippen LogP contribution < -0.4 is 16.4 Å². The number of piperidine rings is 1. The number of anilines is 2. The highest BCUT2D eigenvalue weighted by atomic mass is 35.5. The van der Waals surface area contributed by atoms with Crippen LogP contribution in [0.5, 0.6) is 0 Å². The fourth-order valence-corrected chi connectivity index (χ4v) is 5.45. The molecule has 3 aromatic rings. The van der Waals surface area contributed by atoms with Crippen molar-refractivity contribution in [1.29, 1.82) is 0 Å². The van der Waals surface area contributed by atoms with Crippen molar-refractivity contribution in [1.82, 2.24) is 24.6 Å². The number of pyridine rings is 1. The van der Waals surface area contributed by atoms with Crippen molar-refractivity contribution in [2.45, 2.75) is 41.8 Å². The first-order chi connectivity index (χ1) is 14.5. The third kappa shape index (κ3) is 3.18. The molecule has 2 aliphatic heterocycles. The summed E-state index contributed by atoms with van der Waals surface area (Å²) < 4.78 is 7.62. The molecular weight excluding hydrogens is 424 g/mol. The Balaban J connectivity index is 1.40. The first kappa shape index (κ1) is 19.8. The number of hydrogen-bond donors (Lipinski definition) is 2. The van der Waals surface area contributed by atoms with Crippen molar-refractivity contribution in [2.24, 2.45) is 11.1 Å². The van der Waals surface area contributed by atoms with Gasteiger partial charge in [0.25, 0.3) is 0 Å². The summed E-state index contributed by atoms with van der Waals surface area (Å²) in [5.74, 6) is 1.12. The van der Waals surface area contributed by atoms with E-state index < -0.39 is 0 Å². The van der Waals surface area contributed by atoms with Gasteiger partial charge in [-0.25, -0.2) is 19.5 Å². The van der Waals surface area contributed by atoms with E-state index in [-0.39, 0.29) is 17.6 Å². The van der Waals surface area contributed by atoms with Gasteiger partial charge in [-0.3, -0.25) is 0 Å². The third-order valence-electron chi connectivity index (χ3n) is 6.25. The van der Waals surface area contributed by atoms with E-state index in [0.717, 1.165) is 53.9 Å². The molecule has 9 nitrogen and oxygen atoms in total. The number of nitrogens with zero attached hydrogens (tertiary/aromatic N) is 6. The second kappa shape index (κ2) is 7.52. The number of ether oxygens (including phenoxy) is 1. The molecule has 2 atom stereocenters. The average Bonchev–Trinajstić information content (AvgIpc) is 3.35. The Bertz CT molecular complexity index is 1080. The maximum Gasteiger partial charge on any atom is 0.199 e. The standard InChI is InChI=1S/C19H23ClN8OS/c1-11-15(21)19(9-29-11)3-6-27(7-4-19)17-18-25-10-26-28(18)13(8-24-17)30-12-2-5-23-16(22)14(12)20/h2,5,8,10-11,15H,3-4,6-7,9,21H2,1H3,(H2,22,23)/t11-,15+/m0/s1. The number of hydrogen-bond acceptors (Lipinski definition) is 9. The number of fused-ring (bicyclic) bond motifs is 1. The molecule has 11 heteroatoms. The summed E-state index contributed by atoms with van der Waals surface area (Å²) in [4.78, 5) is 16.3. The number of rotatable bonds is 3. The van der Waals surface area contributed by atoms with E-state index >= 15 is 0 Å². The van der Waals surface area contributed by atoms with Gasteiger partial charge < -0.3 is 21.1 Å². The van der Waals surface area contributed by atoms with Crippen molar-refractivity contribution in [2.75, 3.05) is 30.3 Å². The number of aromatic nitrogens is 5. The predicted molar refractivity (Wildman–Crippen MR) is 116 cm³/mol. The lowest BCUT2D eigenvalue weighted by Gasteiger charge is -2.41. The number of nitrogen functional groups attached to an aromatic ring is 1. The van der Waals surface area contributed by atoms with Crippen molar-refractivity contribution in [3.63, 3.8) is 0 Å². The van der Waals surface area contributed by atoms with E-state index in [9.17, 15) is 0 Å². The van der Waals surface area contributed by atoms with Gasteiger partial charge in [0.1, 0.15) is 17.2 Å². The van der Waals surface area contributed by atoms with Crippen LogP contribution in [-0.4, -0.2) is 56.4 Å². The molecule has 0 unspecified atom stereocenters. The summed E-state index contributed by atoms with van der Waals surface area (Å²) in [6.45, 7) is 4.52. The summed E-state index contributed by atoms with van der Waals surface area (Å²) in [5, 5.41) is 5.62. The molecule has 0 saturated carbocycles. The van der Waals surface area contributed by atoms with Crippen LogP contribution in [0.15, 0.2) is 34.7 Å². The molecular formula is C19H23ClN8OS. The van der Waals surface area contributed by atoms with Gasteiger partial charge in [0.2, 0.25) is 0 Å². The first-order valence-corrected chi connectivity index (χ1v) is 11.1. The molecule has 5 heterocycles. The van der Waals surface area contributed by atoms with Crippen LogP contribution in [0, 0.1) is 5.41 Å². The molecule has 30 heavy (non-hydrogen) atoms. The Kier molecular flexibility index (Phi) is 4.97. The minimum absolute atomic E-state index is 0.0632. The summed E-state index contributed by atoms with van der Waals surface area (Å²) >= 11 is 7.73. The highest BCUT2D eigenvalue weighted by molar-refractivity contribution is 7.99. The van der Waals surface area contributed by atoms with Gasteiger partial charge in [-0.2, -0.15) is 5.10 Å². The van der Waals surface area contributed by atoms with Gasteiger partial charge in [-0.1, -0.05) is 23.4 Å². The molecule has 2 aliphatic rings. The lowest BCUT2D eigenvalue weighted by atomic mass is 9.73. The Morgan fingerprint density at radius 1 is 1.27 bits per heavy atom. The second-order valence-corrected chi connectivity index (χ2v) is 9.36. The average molecular weight is 447 g/mol. The third-order valence-corrected chi connectivity index (χ3v) is 7.81. The molecule has 0 radical (unpaired) electrons. The Hall–Kier alpha value is -2.14. The van der Waals surface area contributed by atoms with Gasteiger partial charge in [-0.05, 0) is 25.8 Å². The van der Waals surface area contributed by atoms with E-state index in [4.69, 9.17) is 32.8 Å². The van der Waals surface area contributed by atoms with Crippen LogP contribution in [0.25, 0.3) is 5.65 Å². The fourth-order valence-electron chi connectivity index (χ4n) is 4.35. The van der Waals surface area contributed by atoms with Gasteiger partial charge in [0.15, 0.2) is 11.5 Å². The van der Waals surface area contributed by atoms with E-state index in [1.807, 2.05) is 6.07 Å². The molecule has 0 aliphatic carbocycles. The summed E-state index contributed by atoms with van der Waals surface area (Å²) in [7, 11) is 0. The van der Waals surface area contributed by atoms with Crippen LogP contribution >= 0.6 is 23.4 Å². The van der Waals surface area contributed by atoms with Crippen molar-refractivity contribution in [3.8, 4) is 0 Å². The van der Waals surface area contributed by atoms with E-state index in [1.165, 1.54) is 11.8 Å². The summed E-state index contributed by atoms with van der Waals surface area (Å²) in [5.41, 5.74) is 13.1. The van der Waals surface area contributed by atoms with E-state index in [2.05, 4.69) is 26.9 Å². The maximum atomic E-state index is 6.45. The summed E-state index contributed by atoms with van der Waals surface area (Å²) in [6.07, 6.45) is 7.03. The Labute approximate surface area is 183 Å². The maximum absolute atomic E-state index is 6.45. The molecule has 5 rings (SSSR count). The van der Waals surface area contributed by atoms with Crippen molar-refractivity contribution in [3.05, 3.63) is 29.8 Å². The normalized spacial score (nSPS) is 23.5. The zero-order chi connectivity index (χ0) is 20.9. The van der Waals surface area contributed by atoms with Crippen LogP contribution in [0.4, 0.5) is 11.6 Å². The van der Waals surface area contributed by atoms with Gasteiger partial charge in [-0.15, -0.1) is 0 Å². The number of halogens is 1. The van der Waals surface area contributed by atoms with Gasteiger partial charge >= 0.3 is 0 Å². The molecule has 0 bridgehead atoms. The SMILES string of the molecule is C[C@@H]1OCC2(CCN(c3ncc(Sc4ccnc(N)c4Cl)n4ncnc34)CC2)[C@@H]1N. The molecule has 3 aromatic heterocycles. The topological polar surface area (TPSA) is 120 Å². The smallest absolute Gasteiger partial charge is 0.199 e. The number of nitrogens with two attached hydrogens (primary N) is 2. The molecule has 0 aromatic carbocycles. The van der Waals surface area contributed by atoms with Crippen LogP contribution in [0.2, 0.25) is 5.02 Å². The zero-order valence-electron chi connectivity index (χ0n) is 16.5. The molecule has 1 spiro atoms. The first-order valence-electron chi connectivity index (χ1n) is 9.87. The largest absolute Gasteiger partial charge is 0.382 e. The van der Waals surface area contributed by atoms with Gasteiger partial charge in [0, 0.05) is 35.6 Å². The highest BCUT2D eigenvalue weighted by Gasteiger charge is 2.47. The van der Waals surface area contributed by atoms with Crippen molar-refractivity contribution < 1.29 is 4.74 Å². The highest BCUT2D eigenvalue weighted by Crippen LogP contribution is 2.42. The van der Waals surface area contributed by atoms with E-state index in [1.54, 1.807) is 23.2 Å².